The lowest BCUT2D eigenvalue weighted by molar-refractivity contribution is -0.00342. The number of carbonyl (C=O) groups is 1. The maximum atomic E-state index is 13.4. The summed E-state index contributed by atoms with van der Waals surface area (Å²) >= 11 is 12.2. The summed E-state index contributed by atoms with van der Waals surface area (Å²) in [4.78, 5) is 22.4. The molecule has 5 heterocycles. The van der Waals surface area contributed by atoms with E-state index < -0.39 is 0 Å². The molecule has 6 heteroatoms. The molecular weight excluding hydrogens is 381 g/mol. The van der Waals surface area contributed by atoms with Crippen LogP contribution in [0.15, 0.2) is 42.7 Å². The van der Waals surface area contributed by atoms with Crippen molar-refractivity contribution in [1.29, 1.82) is 0 Å². The Kier molecular flexibility index (Phi) is 4.38. The number of likely N-dealkylation sites (tertiary alicyclic amines) is 1. The first-order chi connectivity index (χ1) is 13.1. The lowest BCUT2D eigenvalue weighted by Crippen LogP contribution is -2.60. The number of halogens is 2. The molecule has 0 radical (unpaired) electrons. The summed E-state index contributed by atoms with van der Waals surface area (Å²) in [5.74, 6) is 0.940. The smallest absolute Gasteiger partial charge is 0.254 e. The number of nitrogens with zero attached hydrogens (tertiary/aromatic N) is 3. The molecule has 3 atom stereocenters. The Morgan fingerprint density at radius 1 is 1.07 bits per heavy atom. The van der Waals surface area contributed by atoms with Crippen molar-refractivity contribution in [3.63, 3.8) is 0 Å². The minimum atomic E-state index is 0.0590. The van der Waals surface area contributed by atoms with Crippen molar-refractivity contribution in [3.8, 4) is 0 Å². The van der Waals surface area contributed by atoms with Crippen molar-refractivity contribution in [2.75, 3.05) is 19.6 Å². The van der Waals surface area contributed by atoms with Crippen LogP contribution in [0.1, 0.15) is 34.7 Å². The normalized spacial score (nSPS) is 31.8. The second kappa shape index (κ2) is 6.77. The fourth-order valence-corrected chi connectivity index (χ4v) is 5.64. The summed E-state index contributed by atoms with van der Waals surface area (Å²) < 4.78 is 0. The molecule has 0 N–H and O–H groups in total. The van der Waals surface area contributed by atoms with Crippen molar-refractivity contribution in [2.45, 2.75) is 30.8 Å². The van der Waals surface area contributed by atoms with Gasteiger partial charge in [-0.3, -0.25) is 14.7 Å². The standard InChI is InChI=1S/C21H21Cl2N3O/c22-17-4-3-14(10-18(17)23)21(27)26-12-16(15-2-1-7-24-11-15)20-19(26)13-5-8-25(20)9-6-13/h1-4,7,10-11,13,16,19-20H,5-6,8-9,12H2. The van der Waals surface area contributed by atoms with Crippen LogP contribution in [0.3, 0.4) is 0 Å². The molecule has 6 rings (SSSR count). The molecule has 140 valence electrons. The van der Waals surface area contributed by atoms with Crippen LogP contribution < -0.4 is 0 Å². The molecule has 3 unspecified atom stereocenters. The molecule has 4 aliphatic rings. The molecule has 0 saturated carbocycles. The number of fused-ring (bicyclic) bond motifs is 2. The molecule has 1 aromatic heterocycles. The first-order valence-corrected chi connectivity index (χ1v) is 10.3. The third kappa shape index (κ3) is 2.86. The molecule has 1 aromatic carbocycles. The Morgan fingerprint density at radius 2 is 1.89 bits per heavy atom. The molecule has 1 amide bonds. The van der Waals surface area contributed by atoms with Gasteiger partial charge in [-0.05, 0) is 61.7 Å². The lowest BCUT2D eigenvalue weighted by Gasteiger charge is -2.51. The molecular formula is C21H21Cl2N3O. The summed E-state index contributed by atoms with van der Waals surface area (Å²) in [5, 5.41) is 0.902. The van der Waals surface area contributed by atoms with Gasteiger partial charge in [0.15, 0.2) is 0 Å². The quantitative estimate of drug-likeness (QED) is 0.759. The third-order valence-electron chi connectivity index (χ3n) is 6.53. The van der Waals surface area contributed by atoms with Gasteiger partial charge < -0.3 is 4.90 Å². The van der Waals surface area contributed by atoms with E-state index in [-0.39, 0.29) is 11.9 Å². The highest BCUT2D eigenvalue weighted by molar-refractivity contribution is 6.42. The number of aromatic nitrogens is 1. The first-order valence-electron chi connectivity index (χ1n) is 9.53. The first kappa shape index (κ1) is 17.5. The van der Waals surface area contributed by atoms with Gasteiger partial charge in [-0.1, -0.05) is 29.3 Å². The van der Waals surface area contributed by atoms with Crippen molar-refractivity contribution in [3.05, 3.63) is 63.9 Å². The summed E-state index contributed by atoms with van der Waals surface area (Å²) in [6.07, 6.45) is 6.11. The predicted octanol–water partition coefficient (Wildman–Crippen LogP) is 4.09. The second-order valence-corrected chi connectivity index (χ2v) is 8.65. The molecule has 4 aliphatic heterocycles. The molecule has 2 bridgehead atoms. The summed E-state index contributed by atoms with van der Waals surface area (Å²) in [6.45, 7) is 3.00. The Morgan fingerprint density at radius 3 is 2.59 bits per heavy atom. The fourth-order valence-electron chi connectivity index (χ4n) is 5.34. The van der Waals surface area contributed by atoms with Crippen LogP contribution in [0.4, 0.5) is 0 Å². The average Bonchev–Trinajstić information content (AvgIpc) is 3.14. The van der Waals surface area contributed by atoms with Crippen molar-refractivity contribution >= 4 is 29.1 Å². The molecule has 0 spiro atoms. The third-order valence-corrected chi connectivity index (χ3v) is 7.27. The lowest BCUT2D eigenvalue weighted by atomic mass is 9.75. The Hall–Kier alpha value is -1.62. The van der Waals surface area contributed by atoms with E-state index in [2.05, 4.69) is 20.9 Å². The van der Waals surface area contributed by atoms with Crippen LogP contribution in [0, 0.1) is 5.92 Å². The van der Waals surface area contributed by atoms with E-state index in [0.717, 1.165) is 19.6 Å². The topological polar surface area (TPSA) is 36.4 Å². The maximum Gasteiger partial charge on any atom is 0.254 e. The molecule has 27 heavy (non-hydrogen) atoms. The van der Waals surface area contributed by atoms with Gasteiger partial charge in [0.05, 0.1) is 16.1 Å². The van der Waals surface area contributed by atoms with Crippen LogP contribution in [-0.2, 0) is 0 Å². The zero-order valence-electron chi connectivity index (χ0n) is 14.9. The van der Waals surface area contributed by atoms with E-state index in [1.807, 2.05) is 18.5 Å². The van der Waals surface area contributed by atoms with E-state index in [0.29, 0.717) is 33.5 Å². The highest BCUT2D eigenvalue weighted by Crippen LogP contribution is 2.46. The summed E-state index contributed by atoms with van der Waals surface area (Å²) in [6, 6.07) is 9.97. The van der Waals surface area contributed by atoms with Gasteiger partial charge in [-0.15, -0.1) is 0 Å². The van der Waals surface area contributed by atoms with Crippen molar-refractivity contribution < 1.29 is 4.79 Å². The number of rotatable bonds is 2. The van der Waals surface area contributed by atoms with E-state index >= 15 is 0 Å². The van der Waals surface area contributed by atoms with Gasteiger partial charge in [0, 0.05) is 36.5 Å². The minimum absolute atomic E-state index is 0.0590. The van der Waals surface area contributed by atoms with Gasteiger partial charge in [0.2, 0.25) is 0 Å². The number of pyridine rings is 1. The molecule has 2 aromatic rings. The van der Waals surface area contributed by atoms with Crippen molar-refractivity contribution in [1.82, 2.24) is 14.8 Å². The van der Waals surface area contributed by atoms with Crippen LogP contribution >= 0.6 is 23.2 Å². The number of hydrogen-bond acceptors (Lipinski definition) is 3. The highest BCUT2D eigenvalue weighted by atomic mass is 35.5. The van der Waals surface area contributed by atoms with E-state index in [4.69, 9.17) is 23.2 Å². The number of amides is 1. The Bertz CT molecular complexity index is 867. The molecule has 4 saturated heterocycles. The number of hydrogen-bond donors (Lipinski definition) is 0. The van der Waals surface area contributed by atoms with Gasteiger partial charge in [0.25, 0.3) is 5.91 Å². The van der Waals surface area contributed by atoms with E-state index in [1.165, 1.54) is 18.4 Å². The minimum Gasteiger partial charge on any atom is -0.333 e. The summed E-state index contributed by atoms with van der Waals surface area (Å²) in [5.41, 5.74) is 1.84. The van der Waals surface area contributed by atoms with E-state index in [9.17, 15) is 4.79 Å². The Labute approximate surface area is 169 Å². The molecule has 0 aliphatic carbocycles. The molecule has 4 fully saturated rings. The average molecular weight is 402 g/mol. The largest absolute Gasteiger partial charge is 0.333 e. The Balaban J connectivity index is 1.52. The van der Waals surface area contributed by atoms with Crippen LogP contribution in [-0.4, -0.2) is 52.4 Å². The van der Waals surface area contributed by atoms with Crippen molar-refractivity contribution in [2.24, 2.45) is 5.92 Å². The van der Waals surface area contributed by atoms with Gasteiger partial charge >= 0.3 is 0 Å². The SMILES string of the molecule is O=C(c1ccc(Cl)c(Cl)c1)N1CC(c2cccnc2)C2C1C1CCN2CC1. The van der Waals surface area contributed by atoms with Gasteiger partial charge in [-0.2, -0.15) is 0 Å². The maximum absolute atomic E-state index is 13.4. The second-order valence-electron chi connectivity index (χ2n) is 7.83. The van der Waals surface area contributed by atoms with Gasteiger partial charge in [-0.25, -0.2) is 0 Å². The fraction of sp³-hybridized carbons (Fsp3) is 0.429. The van der Waals surface area contributed by atoms with Crippen LogP contribution in [0.5, 0.6) is 0 Å². The summed E-state index contributed by atoms with van der Waals surface area (Å²) in [7, 11) is 0. The van der Waals surface area contributed by atoms with Crippen LogP contribution in [0.25, 0.3) is 0 Å². The highest BCUT2D eigenvalue weighted by Gasteiger charge is 2.54. The zero-order chi connectivity index (χ0) is 18.5. The van der Waals surface area contributed by atoms with Gasteiger partial charge in [0.1, 0.15) is 0 Å². The monoisotopic (exact) mass is 401 g/mol. The number of piperidine rings is 3. The predicted molar refractivity (Wildman–Crippen MR) is 106 cm³/mol. The number of carbonyl (C=O) groups excluding carboxylic acids is 1. The zero-order valence-corrected chi connectivity index (χ0v) is 16.4. The molecule has 4 nitrogen and oxygen atoms in total. The van der Waals surface area contributed by atoms with Crippen LogP contribution in [0.2, 0.25) is 10.0 Å². The number of benzene rings is 1. The van der Waals surface area contributed by atoms with E-state index in [1.54, 1.807) is 18.2 Å².